The van der Waals surface area contributed by atoms with E-state index in [2.05, 4.69) is 10.3 Å². The minimum absolute atomic E-state index is 0.00802. The first-order valence-electron chi connectivity index (χ1n) is 9.05. The number of carbonyl (C=O) groups is 1. The Labute approximate surface area is 152 Å². The number of fused-ring (bicyclic) bond motifs is 1. The minimum Gasteiger partial charge on any atom is -0.348 e. The van der Waals surface area contributed by atoms with Crippen molar-refractivity contribution in [3.63, 3.8) is 0 Å². The summed E-state index contributed by atoms with van der Waals surface area (Å²) in [6.45, 7) is 0.382. The van der Waals surface area contributed by atoms with Crippen LogP contribution in [-0.4, -0.2) is 15.5 Å². The Hall–Kier alpha value is -2.69. The first kappa shape index (κ1) is 16.8. The molecule has 0 unspecified atom stereocenters. The zero-order valence-corrected chi connectivity index (χ0v) is 14.8. The van der Waals surface area contributed by atoms with E-state index in [1.165, 1.54) is 12.1 Å². The smallest absolute Gasteiger partial charge is 0.231 e. The number of aryl methyl sites for hydroxylation is 1. The van der Waals surface area contributed by atoms with Gasteiger partial charge in [0.15, 0.2) is 0 Å². The maximum atomic E-state index is 13.3. The summed E-state index contributed by atoms with van der Waals surface area (Å²) in [6.07, 6.45) is 3.62. The van der Waals surface area contributed by atoms with Crippen molar-refractivity contribution in [3.8, 4) is 0 Å². The molecule has 3 aromatic rings. The van der Waals surface area contributed by atoms with E-state index in [0.717, 1.165) is 48.1 Å². The van der Waals surface area contributed by atoms with Gasteiger partial charge in [-0.2, -0.15) is 0 Å². The highest BCUT2D eigenvalue weighted by molar-refractivity contribution is 5.88. The molecule has 0 radical (unpaired) electrons. The van der Waals surface area contributed by atoms with Crippen LogP contribution < -0.4 is 5.32 Å². The predicted octanol–water partition coefficient (Wildman–Crippen LogP) is 3.84. The number of carbonyl (C=O) groups excluding carboxylic acids is 1. The van der Waals surface area contributed by atoms with Crippen molar-refractivity contribution < 1.29 is 9.18 Å². The third-order valence-corrected chi connectivity index (χ3v) is 5.58. The summed E-state index contributed by atoms with van der Waals surface area (Å²) < 4.78 is 15.3. The minimum atomic E-state index is -0.557. The molecule has 1 aliphatic rings. The van der Waals surface area contributed by atoms with Crippen LogP contribution in [0.5, 0.6) is 0 Å². The monoisotopic (exact) mass is 351 g/mol. The Morgan fingerprint density at radius 3 is 2.54 bits per heavy atom. The van der Waals surface area contributed by atoms with E-state index in [0.29, 0.717) is 6.54 Å². The van der Waals surface area contributed by atoms with Crippen molar-refractivity contribution in [3.05, 3.63) is 65.7 Å². The lowest BCUT2D eigenvalue weighted by molar-refractivity contribution is -0.126. The largest absolute Gasteiger partial charge is 0.348 e. The summed E-state index contributed by atoms with van der Waals surface area (Å²) in [5, 5.41) is 3.08. The highest BCUT2D eigenvalue weighted by Crippen LogP contribution is 2.41. The molecule has 5 heteroatoms. The lowest BCUT2D eigenvalue weighted by Crippen LogP contribution is -2.42. The van der Waals surface area contributed by atoms with Gasteiger partial charge in [-0.05, 0) is 42.7 Å². The summed E-state index contributed by atoms with van der Waals surface area (Å²) in [4.78, 5) is 17.7. The predicted molar refractivity (Wildman–Crippen MR) is 99.1 cm³/mol. The number of nitrogens with one attached hydrogen (secondary N) is 1. The van der Waals surface area contributed by atoms with Gasteiger partial charge in [0, 0.05) is 7.05 Å². The maximum Gasteiger partial charge on any atom is 0.231 e. The van der Waals surface area contributed by atoms with Crippen LogP contribution in [0.3, 0.4) is 0 Å². The van der Waals surface area contributed by atoms with Gasteiger partial charge in [0.1, 0.15) is 11.6 Å². The van der Waals surface area contributed by atoms with Gasteiger partial charge >= 0.3 is 0 Å². The fourth-order valence-corrected chi connectivity index (χ4v) is 4.08. The van der Waals surface area contributed by atoms with Gasteiger partial charge in [0.2, 0.25) is 5.91 Å². The number of para-hydroxylation sites is 2. The van der Waals surface area contributed by atoms with E-state index in [-0.39, 0.29) is 11.7 Å². The molecule has 4 rings (SSSR count). The summed E-state index contributed by atoms with van der Waals surface area (Å²) in [6, 6.07) is 14.3. The van der Waals surface area contributed by atoms with E-state index in [1.54, 1.807) is 12.1 Å². The fraction of sp³-hybridized carbons (Fsp3) is 0.333. The van der Waals surface area contributed by atoms with Gasteiger partial charge in [-0.15, -0.1) is 0 Å². The molecule has 0 bridgehead atoms. The average Bonchev–Trinajstić information content (AvgIpc) is 3.27. The SMILES string of the molecule is Cn1c(CNC(=O)C2(c3ccc(F)cc3)CCCC2)nc2ccccc21. The van der Waals surface area contributed by atoms with Crippen molar-refractivity contribution in [1.29, 1.82) is 0 Å². The zero-order valence-electron chi connectivity index (χ0n) is 14.8. The molecule has 1 N–H and O–H groups in total. The molecular weight excluding hydrogens is 329 g/mol. The Morgan fingerprint density at radius 2 is 1.85 bits per heavy atom. The van der Waals surface area contributed by atoms with Crippen LogP contribution in [0.1, 0.15) is 37.1 Å². The van der Waals surface area contributed by atoms with E-state index < -0.39 is 5.41 Å². The number of halogens is 1. The molecule has 26 heavy (non-hydrogen) atoms. The van der Waals surface area contributed by atoms with E-state index in [4.69, 9.17) is 0 Å². The van der Waals surface area contributed by atoms with E-state index in [9.17, 15) is 9.18 Å². The van der Waals surface area contributed by atoms with Crippen molar-refractivity contribution in [2.24, 2.45) is 7.05 Å². The van der Waals surface area contributed by atoms with Crippen LogP contribution in [0, 0.1) is 5.82 Å². The van der Waals surface area contributed by atoms with Gasteiger partial charge < -0.3 is 9.88 Å². The lowest BCUT2D eigenvalue weighted by atomic mass is 9.78. The van der Waals surface area contributed by atoms with E-state index in [1.807, 2.05) is 35.9 Å². The third kappa shape index (κ3) is 2.77. The second-order valence-electron chi connectivity index (χ2n) is 7.05. The molecule has 0 saturated heterocycles. The zero-order chi connectivity index (χ0) is 18.1. The van der Waals surface area contributed by atoms with Crippen LogP contribution >= 0.6 is 0 Å². The second kappa shape index (κ2) is 6.56. The first-order valence-corrected chi connectivity index (χ1v) is 9.05. The molecule has 0 atom stereocenters. The summed E-state index contributed by atoms with van der Waals surface area (Å²) >= 11 is 0. The molecule has 1 aromatic heterocycles. The molecule has 1 saturated carbocycles. The van der Waals surface area contributed by atoms with Crippen molar-refractivity contribution in [2.45, 2.75) is 37.6 Å². The number of aromatic nitrogens is 2. The first-order chi connectivity index (χ1) is 12.6. The number of rotatable bonds is 4. The standard InChI is InChI=1S/C21H22FN3O/c1-25-18-7-3-2-6-17(18)24-19(25)14-23-20(26)21(12-4-5-13-21)15-8-10-16(22)11-9-15/h2-3,6-11H,4-5,12-14H2,1H3,(H,23,26). The van der Waals surface area contributed by atoms with Crippen LogP contribution in [0.2, 0.25) is 0 Å². The topological polar surface area (TPSA) is 46.9 Å². The lowest BCUT2D eigenvalue weighted by Gasteiger charge is -2.28. The average molecular weight is 351 g/mol. The normalized spacial score (nSPS) is 16.1. The van der Waals surface area contributed by atoms with Gasteiger partial charge in [-0.3, -0.25) is 4.79 Å². The quantitative estimate of drug-likeness (QED) is 0.776. The summed E-state index contributed by atoms with van der Waals surface area (Å²) in [7, 11) is 1.96. The van der Waals surface area contributed by atoms with Crippen LogP contribution in [0.4, 0.5) is 4.39 Å². The molecule has 4 nitrogen and oxygen atoms in total. The Kier molecular flexibility index (Phi) is 4.23. The number of hydrogen-bond donors (Lipinski definition) is 1. The van der Waals surface area contributed by atoms with Crippen LogP contribution in [0.15, 0.2) is 48.5 Å². The molecule has 0 spiro atoms. The van der Waals surface area contributed by atoms with Gasteiger partial charge in [-0.1, -0.05) is 37.1 Å². The molecular formula is C21H22FN3O. The van der Waals surface area contributed by atoms with Crippen molar-refractivity contribution in [1.82, 2.24) is 14.9 Å². The van der Waals surface area contributed by atoms with E-state index >= 15 is 0 Å². The Morgan fingerprint density at radius 1 is 1.15 bits per heavy atom. The van der Waals surface area contributed by atoms with Crippen LogP contribution in [0.25, 0.3) is 11.0 Å². The maximum absolute atomic E-state index is 13.3. The molecule has 2 aromatic carbocycles. The fourth-order valence-electron chi connectivity index (χ4n) is 4.08. The van der Waals surface area contributed by atoms with Crippen LogP contribution in [-0.2, 0) is 23.8 Å². The second-order valence-corrected chi connectivity index (χ2v) is 7.05. The number of benzene rings is 2. The molecule has 134 valence electrons. The van der Waals surface area contributed by atoms with Crippen molar-refractivity contribution >= 4 is 16.9 Å². The van der Waals surface area contributed by atoms with Crippen molar-refractivity contribution in [2.75, 3.05) is 0 Å². The summed E-state index contributed by atoms with van der Waals surface area (Å²) in [5.74, 6) is 0.558. The number of amides is 1. The van der Waals surface area contributed by atoms with Gasteiger partial charge in [0.05, 0.1) is 23.0 Å². The molecule has 0 aliphatic heterocycles. The number of hydrogen-bond acceptors (Lipinski definition) is 2. The Balaban J connectivity index is 1.57. The molecule has 1 heterocycles. The van der Waals surface area contributed by atoms with Gasteiger partial charge in [0.25, 0.3) is 0 Å². The Bertz CT molecular complexity index is 940. The van der Waals surface area contributed by atoms with Gasteiger partial charge in [-0.25, -0.2) is 9.37 Å². The number of imidazole rings is 1. The molecule has 1 amide bonds. The highest BCUT2D eigenvalue weighted by atomic mass is 19.1. The highest BCUT2D eigenvalue weighted by Gasteiger charge is 2.42. The molecule has 1 fully saturated rings. The summed E-state index contributed by atoms with van der Waals surface area (Å²) in [5.41, 5.74) is 2.32. The number of nitrogens with zero attached hydrogens (tertiary/aromatic N) is 2. The molecule has 1 aliphatic carbocycles. The third-order valence-electron chi connectivity index (χ3n) is 5.58.